The fourth-order valence-electron chi connectivity index (χ4n) is 2.46. The molecule has 0 saturated heterocycles. The lowest BCUT2D eigenvalue weighted by molar-refractivity contribution is -0.113. The third-order valence-electron chi connectivity index (χ3n) is 3.61. The molecule has 9 heteroatoms. The largest absolute Gasteiger partial charge is 0.333 e. The van der Waals surface area contributed by atoms with Gasteiger partial charge in [0, 0.05) is 5.02 Å². The molecule has 2 heterocycles. The first-order chi connectivity index (χ1) is 12.7. The van der Waals surface area contributed by atoms with Crippen LogP contribution in [0.2, 0.25) is 5.02 Å². The van der Waals surface area contributed by atoms with Gasteiger partial charge in [-0.25, -0.2) is 14.6 Å². The number of rotatable bonds is 5. The van der Waals surface area contributed by atoms with E-state index in [0.29, 0.717) is 21.6 Å². The average molecular weight is 385 g/mol. The Kier molecular flexibility index (Phi) is 4.59. The Morgan fingerprint density at radius 1 is 1.27 bits per heavy atom. The highest BCUT2D eigenvalue weighted by Gasteiger charge is 2.12. The van der Waals surface area contributed by atoms with Gasteiger partial charge in [0.15, 0.2) is 5.16 Å². The normalized spacial score (nSPS) is 11.0. The van der Waals surface area contributed by atoms with Crippen molar-refractivity contribution in [1.29, 1.82) is 0 Å². The molecule has 0 aliphatic rings. The van der Waals surface area contributed by atoms with Crippen LogP contribution in [0.3, 0.4) is 0 Å². The molecule has 130 valence electrons. The van der Waals surface area contributed by atoms with Crippen LogP contribution < -0.4 is 5.32 Å². The van der Waals surface area contributed by atoms with Crippen molar-refractivity contribution in [2.24, 2.45) is 0 Å². The van der Waals surface area contributed by atoms with E-state index < -0.39 is 0 Å². The molecule has 4 aromatic rings. The Morgan fingerprint density at radius 3 is 2.96 bits per heavy atom. The second-order valence-electron chi connectivity index (χ2n) is 5.40. The summed E-state index contributed by atoms with van der Waals surface area (Å²) in [6.07, 6.45) is 2.99. The molecular weight excluding hydrogens is 372 g/mol. The molecule has 4 rings (SSSR count). The monoisotopic (exact) mass is 384 g/mol. The summed E-state index contributed by atoms with van der Waals surface area (Å²) in [5.74, 6) is 0.0439. The van der Waals surface area contributed by atoms with Gasteiger partial charge in [0.25, 0.3) is 0 Å². The maximum Gasteiger partial charge on any atom is 0.234 e. The Bertz CT molecular complexity index is 1030. The van der Waals surface area contributed by atoms with E-state index in [0.717, 1.165) is 11.0 Å². The number of hydrogen-bond acceptors (Lipinski definition) is 5. The number of benzene rings is 2. The maximum absolute atomic E-state index is 12.4. The highest BCUT2D eigenvalue weighted by molar-refractivity contribution is 7.99. The summed E-state index contributed by atoms with van der Waals surface area (Å²) >= 11 is 7.40. The topological polar surface area (TPSA) is 88.5 Å². The van der Waals surface area contributed by atoms with Crippen LogP contribution in [0.25, 0.3) is 16.7 Å². The fourth-order valence-corrected chi connectivity index (χ4v) is 3.32. The van der Waals surface area contributed by atoms with Gasteiger partial charge in [-0.3, -0.25) is 4.79 Å². The average Bonchev–Trinajstić information content (AvgIpc) is 3.29. The molecule has 0 aliphatic carbocycles. The number of halogens is 1. The number of amides is 1. The number of aromatic amines is 1. The van der Waals surface area contributed by atoms with Crippen LogP contribution >= 0.6 is 23.4 Å². The minimum Gasteiger partial charge on any atom is -0.333 e. The van der Waals surface area contributed by atoms with E-state index in [9.17, 15) is 4.79 Å². The molecule has 26 heavy (non-hydrogen) atoms. The number of hydrogen-bond donors (Lipinski definition) is 2. The molecule has 7 nitrogen and oxygen atoms in total. The lowest BCUT2D eigenvalue weighted by atomic mass is 10.2. The van der Waals surface area contributed by atoms with Crippen molar-refractivity contribution in [2.45, 2.75) is 5.16 Å². The minimum atomic E-state index is -0.168. The number of carbonyl (C=O) groups excluding carboxylic acids is 1. The van der Waals surface area contributed by atoms with Gasteiger partial charge in [-0.05, 0) is 30.3 Å². The van der Waals surface area contributed by atoms with Crippen LogP contribution in [0.5, 0.6) is 0 Å². The van der Waals surface area contributed by atoms with Gasteiger partial charge < -0.3 is 10.3 Å². The highest BCUT2D eigenvalue weighted by Crippen LogP contribution is 2.25. The zero-order valence-electron chi connectivity index (χ0n) is 13.4. The van der Waals surface area contributed by atoms with Crippen molar-refractivity contribution in [3.05, 3.63) is 60.1 Å². The summed E-state index contributed by atoms with van der Waals surface area (Å²) < 4.78 is 1.57. The summed E-state index contributed by atoms with van der Waals surface area (Å²) in [5, 5.41) is 8.18. The fraction of sp³-hybridized carbons (Fsp3) is 0.0588. The molecule has 0 aliphatic heterocycles. The van der Waals surface area contributed by atoms with Gasteiger partial charge in [0.05, 0.1) is 28.2 Å². The van der Waals surface area contributed by atoms with E-state index in [-0.39, 0.29) is 11.7 Å². The Morgan fingerprint density at radius 2 is 2.15 bits per heavy atom. The van der Waals surface area contributed by atoms with Gasteiger partial charge >= 0.3 is 0 Å². The van der Waals surface area contributed by atoms with E-state index in [2.05, 4.69) is 25.4 Å². The van der Waals surface area contributed by atoms with Gasteiger partial charge in [-0.1, -0.05) is 35.5 Å². The van der Waals surface area contributed by atoms with Gasteiger partial charge in [-0.15, -0.1) is 0 Å². The van der Waals surface area contributed by atoms with Crippen molar-refractivity contribution >= 4 is 46.0 Å². The number of para-hydroxylation sites is 2. The molecular formula is C17H13ClN6OS. The van der Waals surface area contributed by atoms with Crippen LogP contribution in [0.4, 0.5) is 5.69 Å². The summed E-state index contributed by atoms with van der Waals surface area (Å²) in [4.78, 5) is 23.9. The molecule has 0 bridgehead atoms. The van der Waals surface area contributed by atoms with Gasteiger partial charge in [-0.2, -0.15) is 5.10 Å². The molecule has 2 aromatic heterocycles. The van der Waals surface area contributed by atoms with Crippen molar-refractivity contribution < 1.29 is 4.79 Å². The molecule has 1 amide bonds. The number of H-pyrrole nitrogens is 1. The molecule has 2 N–H and O–H groups in total. The third-order valence-corrected chi connectivity index (χ3v) is 4.71. The van der Waals surface area contributed by atoms with Crippen molar-refractivity contribution in [2.75, 3.05) is 11.1 Å². The number of anilines is 1. The Labute approximate surface area is 157 Å². The number of imidazole rings is 1. The Balaban J connectivity index is 1.47. The smallest absolute Gasteiger partial charge is 0.234 e. The number of carbonyl (C=O) groups is 1. The quantitative estimate of drug-likeness (QED) is 0.514. The second-order valence-corrected chi connectivity index (χ2v) is 6.80. The third kappa shape index (κ3) is 3.56. The molecule has 0 radical (unpaired) electrons. The molecule has 0 saturated carbocycles. The zero-order chi connectivity index (χ0) is 17.9. The molecule has 0 spiro atoms. The molecule has 0 unspecified atom stereocenters. The number of fused-ring (bicyclic) bond motifs is 1. The van der Waals surface area contributed by atoms with Crippen LogP contribution in [-0.4, -0.2) is 36.4 Å². The maximum atomic E-state index is 12.4. The van der Waals surface area contributed by atoms with E-state index in [4.69, 9.17) is 11.6 Å². The summed E-state index contributed by atoms with van der Waals surface area (Å²) in [6, 6.07) is 12.9. The number of thioether (sulfide) groups is 1. The minimum absolute atomic E-state index is 0.168. The number of nitrogens with one attached hydrogen (secondary N) is 2. The number of aromatic nitrogens is 5. The molecule has 2 aromatic carbocycles. The predicted molar refractivity (Wildman–Crippen MR) is 102 cm³/mol. The zero-order valence-corrected chi connectivity index (χ0v) is 15.0. The van der Waals surface area contributed by atoms with Gasteiger partial charge in [0.2, 0.25) is 5.91 Å². The first kappa shape index (κ1) is 16.6. The highest BCUT2D eigenvalue weighted by atomic mass is 35.5. The lowest BCUT2D eigenvalue weighted by Crippen LogP contribution is -2.16. The first-order valence-corrected chi connectivity index (χ1v) is 9.07. The van der Waals surface area contributed by atoms with Gasteiger partial charge in [0.1, 0.15) is 12.7 Å². The van der Waals surface area contributed by atoms with Crippen LogP contribution in [0, 0.1) is 0 Å². The van der Waals surface area contributed by atoms with Crippen molar-refractivity contribution in [3.8, 4) is 5.69 Å². The van der Waals surface area contributed by atoms with E-state index in [1.165, 1.54) is 18.1 Å². The van der Waals surface area contributed by atoms with E-state index >= 15 is 0 Å². The van der Waals surface area contributed by atoms with Crippen LogP contribution in [0.15, 0.2) is 60.3 Å². The second kappa shape index (κ2) is 7.19. The SMILES string of the molecule is O=C(CSc1nc2ccccc2[nH]1)Nc1cc(Cl)ccc1-n1cncn1. The van der Waals surface area contributed by atoms with Crippen LogP contribution in [-0.2, 0) is 4.79 Å². The summed E-state index contributed by atoms with van der Waals surface area (Å²) in [7, 11) is 0. The number of nitrogens with zero attached hydrogens (tertiary/aromatic N) is 4. The molecule has 0 atom stereocenters. The van der Waals surface area contributed by atoms with Crippen molar-refractivity contribution in [1.82, 2.24) is 24.7 Å². The summed E-state index contributed by atoms with van der Waals surface area (Å²) in [5.41, 5.74) is 3.07. The first-order valence-electron chi connectivity index (χ1n) is 7.71. The van der Waals surface area contributed by atoms with E-state index in [1.54, 1.807) is 29.2 Å². The van der Waals surface area contributed by atoms with Crippen molar-refractivity contribution in [3.63, 3.8) is 0 Å². The predicted octanol–water partition coefficient (Wildman–Crippen LogP) is 3.53. The lowest BCUT2D eigenvalue weighted by Gasteiger charge is -2.11. The Hall–Kier alpha value is -2.84. The standard InChI is InChI=1S/C17H13ClN6OS/c18-11-5-6-15(24-10-19-9-20-24)14(7-11)21-16(25)8-26-17-22-12-3-1-2-4-13(12)23-17/h1-7,9-10H,8H2,(H,21,25)(H,22,23). The van der Waals surface area contributed by atoms with Crippen LogP contribution in [0.1, 0.15) is 0 Å². The summed E-state index contributed by atoms with van der Waals surface area (Å²) in [6.45, 7) is 0. The molecule has 0 fully saturated rings. The van der Waals surface area contributed by atoms with E-state index in [1.807, 2.05) is 24.3 Å².